The van der Waals surface area contributed by atoms with Crippen molar-refractivity contribution in [3.63, 3.8) is 0 Å². The predicted octanol–water partition coefficient (Wildman–Crippen LogP) is 3.08. The topological polar surface area (TPSA) is 101 Å². The molecule has 35 heavy (non-hydrogen) atoms. The molecule has 1 aliphatic heterocycles. The summed E-state index contributed by atoms with van der Waals surface area (Å²) >= 11 is 0. The van der Waals surface area contributed by atoms with E-state index in [4.69, 9.17) is 9.47 Å². The van der Waals surface area contributed by atoms with Crippen molar-refractivity contribution in [2.24, 2.45) is 5.92 Å². The molecule has 0 fully saturated rings. The fourth-order valence-electron chi connectivity index (χ4n) is 4.02. The van der Waals surface area contributed by atoms with Crippen molar-refractivity contribution in [2.45, 2.75) is 39.3 Å². The van der Waals surface area contributed by atoms with Crippen LogP contribution in [-0.2, 0) is 9.53 Å². The van der Waals surface area contributed by atoms with Crippen LogP contribution in [0.15, 0.2) is 42.6 Å². The van der Waals surface area contributed by atoms with Crippen molar-refractivity contribution < 1.29 is 23.9 Å². The second-order valence-electron chi connectivity index (χ2n) is 8.88. The monoisotopic (exact) mass is 482 g/mol. The van der Waals surface area contributed by atoms with Crippen molar-refractivity contribution in [1.29, 1.82) is 0 Å². The molecule has 0 saturated carbocycles. The lowest BCUT2D eigenvalue weighted by Gasteiger charge is -2.36. The van der Waals surface area contributed by atoms with E-state index >= 15 is 0 Å². The molecular formula is C26H34N4O5. The largest absolute Gasteiger partial charge is 0.491 e. The second-order valence-corrected chi connectivity index (χ2v) is 8.88. The summed E-state index contributed by atoms with van der Waals surface area (Å²) < 4.78 is 11.8. The molecule has 0 radical (unpaired) electrons. The Hall–Kier alpha value is -3.46. The number of pyridine rings is 1. The number of nitrogens with one attached hydrogen (secondary N) is 1. The number of nitrogens with zero attached hydrogens (tertiary/aromatic N) is 3. The summed E-state index contributed by atoms with van der Waals surface area (Å²) in [5, 5.41) is 2.80. The van der Waals surface area contributed by atoms with Gasteiger partial charge in [-0.15, -0.1) is 0 Å². The van der Waals surface area contributed by atoms with Gasteiger partial charge in [-0.1, -0.05) is 19.9 Å². The Morgan fingerprint density at radius 3 is 2.63 bits per heavy atom. The normalized spacial score (nSPS) is 21.3. The molecule has 0 saturated heterocycles. The Balaban J connectivity index is 1.99. The first-order valence-corrected chi connectivity index (χ1v) is 11.8. The van der Waals surface area contributed by atoms with Crippen molar-refractivity contribution in [2.75, 3.05) is 39.2 Å². The zero-order valence-electron chi connectivity index (χ0n) is 21.0. The molecule has 0 bridgehead atoms. The molecule has 3 atom stereocenters. The molecular weight excluding hydrogens is 448 g/mol. The summed E-state index contributed by atoms with van der Waals surface area (Å²) in [7, 11) is 3.32. The first-order chi connectivity index (χ1) is 16.7. The third-order valence-corrected chi connectivity index (χ3v) is 6.20. The Morgan fingerprint density at radius 1 is 1.20 bits per heavy atom. The summed E-state index contributed by atoms with van der Waals surface area (Å²) in [5.41, 5.74) is 1.26. The number of rotatable bonds is 4. The van der Waals surface area contributed by atoms with Crippen LogP contribution < -0.4 is 10.1 Å². The van der Waals surface area contributed by atoms with Gasteiger partial charge in [-0.25, -0.2) is 0 Å². The Labute approximate surface area is 206 Å². The fourth-order valence-corrected chi connectivity index (χ4v) is 4.02. The van der Waals surface area contributed by atoms with Gasteiger partial charge < -0.3 is 24.6 Å². The Kier molecular flexibility index (Phi) is 8.81. The maximum atomic E-state index is 13.4. The van der Waals surface area contributed by atoms with E-state index in [1.165, 1.54) is 0 Å². The van der Waals surface area contributed by atoms with Crippen LogP contribution in [0.3, 0.4) is 0 Å². The van der Waals surface area contributed by atoms with E-state index in [0.29, 0.717) is 42.2 Å². The van der Waals surface area contributed by atoms with Gasteiger partial charge in [0.15, 0.2) is 0 Å². The van der Waals surface area contributed by atoms with Crippen LogP contribution in [0.25, 0.3) is 0 Å². The van der Waals surface area contributed by atoms with Crippen LogP contribution >= 0.6 is 0 Å². The van der Waals surface area contributed by atoms with Gasteiger partial charge in [-0.2, -0.15) is 0 Å². The lowest BCUT2D eigenvalue weighted by Crippen LogP contribution is -2.48. The van der Waals surface area contributed by atoms with Crippen LogP contribution in [0.4, 0.5) is 5.69 Å². The average Bonchev–Trinajstić information content (AvgIpc) is 2.87. The van der Waals surface area contributed by atoms with Crippen LogP contribution in [-0.4, -0.2) is 78.5 Å². The Morgan fingerprint density at radius 2 is 1.97 bits per heavy atom. The molecule has 1 aliphatic rings. The molecule has 0 unspecified atom stereocenters. The molecule has 2 aromatic rings. The van der Waals surface area contributed by atoms with E-state index in [1.807, 2.05) is 13.8 Å². The van der Waals surface area contributed by atoms with E-state index in [0.717, 1.165) is 0 Å². The second kappa shape index (κ2) is 11.8. The number of methoxy groups -OCH3 is 1. The molecule has 0 spiro atoms. The lowest BCUT2D eigenvalue weighted by molar-refractivity contribution is -0.115. The molecule has 1 aromatic heterocycles. The van der Waals surface area contributed by atoms with Gasteiger partial charge in [0.2, 0.25) is 5.91 Å². The molecule has 0 aliphatic carbocycles. The standard InChI is InChI=1S/C26H34N4O5/c1-6-24(31)28-19-10-11-20-22(13-19)35-16-18(3)30(26(33)21-9-7-8-12-27-21)14-17(2)23(34-5)15-29(4)25(20)32/h7-13,17-18,23H,6,14-16H2,1-5H3,(H,28,31)/t17-,18+,23+/m1/s1. The molecule has 1 aromatic carbocycles. The zero-order chi connectivity index (χ0) is 25.5. The average molecular weight is 483 g/mol. The molecule has 9 nitrogen and oxygen atoms in total. The quantitative estimate of drug-likeness (QED) is 0.719. The number of likely N-dealkylation sites (N-methyl/N-ethyl adjacent to an activating group) is 1. The third kappa shape index (κ3) is 6.36. The van der Waals surface area contributed by atoms with Crippen molar-refractivity contribution in [3.05, 3.63) is 53.9 Å². The minimum atomic E-state index is -0.321. The number of ether oxygens (including phenoxy) is 2. The highest BCUT2D eigenvalue weighted by molar-refractivity contribution is 5.98. The number of fused-ring (bicyclic) bond motifs is 1. The van der Waals surface area contributed by atoms with Gasteiger partial charge in [0.25, 0.3) is 11.8 Å². The van der Waals surface area contributed by atoms with Crippen molar-refractivity contribution in [1.82, 2.24) is 14.8 Å². The van der Waals surface area contributed by atoms with Crippen LogP contribution in [0.2, 0.25) is 0 Å². The molecule has 188 valence electrons. The van der Waals surface area contributed by atoms with Crippen LogP contribution in [0.1, 0.15) is 48.0 Å². The first kappa shape index (κ1) is 26.2. The summed E-state index contributed by atoms with van der Waals surface area (Å²) in [6.07, 6.45) is 1.63. The van der Waals surface area contributed by atoms with Crippen molar-refractivity contribution in [3.8, 4) is 5.75 Å². The molecule has 3 rings (SSSR count). The number of hydrogen-bond acceptors (Lipinski definition) is 6. The predicted molar refractivity (Wildman–Crippen MR) is 133 cm³/mol. The number of aromatic nitrogens is 1. The van der Waals surface area contributed by atoms with E-state index in [9.17, 15) is 14.4 Å². The van der Waals surface area contributed by atoms with Gasteiger partial charge in [0.1, 0.15) is 18.1 Å². The summed E-state index contributed by atoms with van der Waals surface area (Å²) in [6.45, 7) is 6.56. The highest BCUT2D eigenvalue weighted by Crippen LogP contribution is 2.27. The van der Waals surface area contributed by atoms with E-state index in [-0.39, 0.29) is 42.4 Å². The summed E-state index contributed by atoms with van der Waals surface area (Å²) in [6, 6.07) is 9.90. The van der Waals surface area contributed by atoms with Crippen LogP contribution in [0, 0.1) is 5.92 Å². The first-order valence-electron chi connectivity index (χ1n) is 11.8. The zero-order valence-corrected chi connectivity index (χ0v) is 21.0. The van der Waals surface area contributed by atoms with Gasteiger partial charge in [0.05, 0.1) is 17.7 Å². The number of anilines is 1. The fraction of sp³-hybridized carbons (Fsp3) is 0.462. The van der Waals surface area contributed by atoms with E-state index < -0.39 is 0 Å². The number of benzene rings is 1. The highest BCUT2D eigenvalue weighted by atomic mass is 16.5. The smallest absolute Gasteiger partial charge is 0.272 e. The lowest BCUT2D eigenvalue weighted by atomic mass is 10.0. The van der Waals surface area contributed by atoms with E-state index in [1.54, 1.807) is 73.5 Å². The Bertz CT molecular complexity index is 1050. The maximum absolute atomic E-state index is 13.4. The highest BCUT2D eigenvalue weighted by Gasteiger charge is 2.31. The van der Waals surface area contributed by atoms with Gasteiger partial charge >= 0.3 is 0 Å². The number of carbonyl (C=O) groups excluding carboxylic acids is 3. The molecule has 3 amide bonds. The number of hydrogen-bond donors (Lipinski definition) is 1. The maximum Gasteiger partial charge on any atom is 0.272 e. The minimum Gasteiger partial charge on any atom is -0.491 e. The molecule has 1 N–H and O–H groups in total. The van der Waals surface area contributed by atoms with Crippen LogP contribution in [0.5, 0.6) is 5.75 Å². The molecule has 2 heterocycles. The number of carbonyl (C=O) groups is 3. The van der Waals surface area contributed by atoms with Gasteiger partial charge in [-0.3, -0.25) is 19.4 Å². The third-order valence-electron chi connectivity index (χ3n) is 6.20. The summed E-state index contributed by atoms with van der Waals surface area (Å²) in [4.78, 5) is 46.1. The summed E-state index contributed by atoms with van der Waals surface area (Å²) in [5.74, 6) is -0.267. The minimum absolute atomic E-state index is 0.0594. The SMILES string of the molecule is CCC(=O)Nc1ccc2c(c1)OC[C@H](C)N(C(=O)c1ccccn1)C[C@@H](C)[C@@H](OC)CN(C)C2=O. The number of amides is 3. The van der Waals surface area contributed by atoms with Gasteiger partial charge in [0, 0.05) is 57.5 Å². The van der Waals surface area contributed by atoms with Crippen molar-refractivity contribution >= 4 is 23.4 Å². The van der Waals surface area contributed by atoms with E-state index in [2.05, 4.69) is 10.3 Å². The van der Waals surface area contributed by atoms with Gasteiger partial charge in [-0.05, 0) is 31.2 Å². The molecule has 9 heteroatoms.